The Morgan fingerprint density at radius 2 is 1.92 bits per heavy atom. The zero-order valence-corrected chi connectivity index (χ0v) is 14.7. The van der Waals surface area contributed by atoms with Gasteiger partial charge in [-0.1, -0.05) is 23.2 Å². The highest BCUT2D eigenvalue weighted by molar-refractivity contribution is 6.35. The van der Waals surface area contributed by atoms with E-state index in [0.717, 1.165) is 5.76 Å². The Hall–Kier alpha value is -2.57. The van der Waals surface area contributed by atoms with Crippen LogP contribution in [0.25, 0.3) is 0 Å². The lowest BCUT2D eigenvalue weighted by Gasteiger charge is -2.09. The first kappa shape index (κ1) is 17.3. The minimum absolute atomic E-state index is 0.227. The van der Waals surface area contributed by atoms with Crippen molar-refractivity contribution in [2.24, 2.45) is 0 Å². The van der Waals surface area contributed by atoms with Crippen LogP contribution in [0, 0.1) is 6.92 Å². The van der Waals surface area contributed by atoms with Crippen LogP contribution in [0.5, 0.6) is 0 Å². The van der Waals surface area contributed by atoms with E-state index < -0.39 is 0 Å². The lowest BCUT2D eigenvalue weighted by Crippen LogP contribution is -2.15. The van der Waals surface area contributed by atoms with E-state index in [9.17, 15) is 4.79 Å². The molecule has 0 atom stereocenters. The van der Waals surface area contributed by atoms with Gasteiger partial charge in [-0.2, -0.15) is 0 Å². The molecule has 0 saturated carbocycles. The molecule has 2 heterocycles. The van der Waals surface area contributed by atoms with Crippen LogP contribution in [-0.2, 0) is 6.54 Å². The molecular formula is C17H14Cl2N4O2. The molecule has 3 rings (SSSR count). The van der Waals surface area contributed by atoms with Gasteiger partial charge in [0.25, 0.3) is 5.91 Å². The van der Waals surface area contributed by atoms with Crippen molar-refractivity contribution in [3.63, 3.8) is 0 Å². The molecule has 2 N–H and O–H groups in total. The normalized spacial score (nSPS) is 10.5. The molecule has 0 aliphatic rings. The van der Waals surface area contributed by atoms with Gasteiger partial charge in [-0.05, 0) is 37.3 Å². The Morgan fingerprint density at radius 3 is 2.60 bits per heavy atom. The van der Waals surface area contributed by atoms with Crippen LogP contribution in [0.15, 0.2) is 47.1 Å². The Bertz CT molecular complexity index is 877. The second-order valence-corrected chi connectivity index (χ2v) is 6.10. The largest absolute Gasteiger partial charge is 0.467 e. The van der Waals surface area contributed by atoms with Crippen molar-refractivity contribution >= 4 is 40.6 Å². The van der Waals surface area contributed by atoms with Crippen LogP contribution in [0.2, 0.25) is 10.0 Å². The maximum Gasteiger partial charge on any atom is 0.274 e. The van der Waals surface area contributed by atoms with Gasteiger partial charge >= 0.3 is 0 Å². The molecule has 1 aromatic carbocycles. The van der Waals surface area contributed by atoms with Gasteiger partial charge < -0.3 is 15.1 Å². The molecule has 0 fully saturated rings. The van der Waals surface area contributed by atoms with E-state index in [-0.39, 0.29) is 11.6 Å². The van der Waals surface area contributed by atoms with Crippen LogP contribution >= 0.6 is 23.2 Å². The summed E-state index contributed by atoms with van der Waals surface area (Å²) in [5.41, 5.74) is 0.717. The summed E-state index contributed by atoms with van der Waals surface area (Å²) in [5, 5.41) is 6.68. The van der Waals surface area contributed by atoms with Gasteiger partial charge in [-0.25, -0.2) is 9.97 Å². The Morgan fingerprint density at radius 1 is 1.16 bits per heavy atom. The van der Waals surface area contributed by atoms with Crippen LogP contribution in [-0.4, -0.2) is 15.9 Å². The van der Waals surface area contributed by atoms with E-state index in [2.05, 4.69) is 20.6 Å². The third-order valence-corrected chi connectivity index (χ3v) is 3.65. The molecule has 0 aliphatic carbocycles. The van der Waals surface area contributed by atoms with E-state index in [1.165, 1.54) is 0 Å². The van der Waals surface area contributed by atoms with Crippen molar-refractivity contribution in [1.82, 2.24) is 9.97 Å². The number of rotatable bonds is 5. The van der Waals surface area contributed by atoms with Crippen molar-refractivity contribution in [3.05, 3.63) is 70.0 Å². The SMILES string of the molecule is Cc1nc(NCc2ccco2)cc(C(=O)Nc2cc(Cl)cc(Cl)c2)n1. The van der Waals surface area contributed by atoms with Crippen molar-refractivity contribution in [1.29, 1.82) is 0 Å². The summed E-state index contributed by atoms with van der Waals surface area (Å²) in [6.07, 6.45) is 1.59. The van der Waals surface area contributed by atoms with Gasteiger partial charge in [0, 0.05) is 21.8 Å². The predicted octanol–water partition coefficient (Wildman–Crippen LogP) is 4.55. The van der Waals surface area contributed by atoms with E-state index >= 15 is 0 Å². The summed E-state index contributed by atoms with van der Waals surface area (Å²) in [7, 11) is 0. The second-order valence-electron chi connectivity index (χ2n) is 5.23. The number of aromatic nitrogens is 2. The zero-order valence-electron chi connectivity index (χ0n) is 13.2. The molecule has 0 unspecified atom stereocenters. The molecular weight excluding hydrogens is 363 g/mol. The summed E-state index contributed by atoms with van der Waals surface area (Å²) < 4.78 is 5.25. The molecule has 8 heteroatoms. The van der Waals surface area contributed by atoms with Crippen LogP contribution < -0.4 is 10.6 Å². The molecule has 0 radical (unpaired) electrons. The fourth-order valence-corrected chi connectivity index (χ4v) is 2.71. The van der Waals surface area contributed by atoms with Crippen LogP contribution in [0.4, 0.5) is 11.5 Å². The summed E-state index contributed by atoms with van der Waals surface area (Å²) in [4.78, 5) is 20.9. The number of nitrogens with one attached hydrogen (secondary N) is 2. The van der Waals surface area contributed by atoms with Gasteiger partial charge in [0.1, 0.15) is 23.1 Å². The summed E-state index contributed by atoms with van der Waals surface area (Å²) in [6, 6.07) is 10.0. The van der Waals surface area contributed by atoms with E-state index in [4.69, 9.17) is 27.6 Å². The molecule has 0 spiro atoms. The first-order chi connectivity index (χ1) is 12.0. The molecule has 3 aromatic rings. The van der Waals surface area contributed by atoms with Gasteiger partial charge in [0.15, 0.2) is 0 Å². The molecule has 0 bridgehead atoms. The Labute approximate surface area is 154 Å². The minimum atomic E-state index is -0.384. The fourth-order valence-electron chi connectivity index (χ4n) is 2.19. The number of amides is 1. The molecule has 2 aromatic heterocycles. The fraction of sp³-hybridized carbons (Fsp3) is 0.118. The number of hydrogen-bond acceptors (Lipinski definition) is 5. The number of halogens is 2. The molecule has 1 amide bonds. The molecule has 128 valence electrons. The van der Waals surface area contributed by atoms with Gasteiger partial charge in [-0.15, -0.1) is 0 Å². The Balaban J connectivity index is 1.75. The van der Waals surface area contributed by atoms with E-state index in [1.54, 1.807) is 43.5 Å². The summed E-state index contributed by atoms with van der Waals surface area (Å²) in [6.45, 7) is 2.17. The van der Waals surface area contributed by atoms with Crippen molar-refractivity contribution in [2.75, 3.05) is 10.6 Å². The molecule has 0 aliphatic heterocycles. The Kier molecular flexibility index (Phi) is 5.21. The quantitative estimate of drug-likeness (QED) is 0.682. The topological polar surface area (TPSA) is 80.0 Å². The predicted molar refractivity (Wildman–Crippen MR) is 97.2 cm³/mol. The zero-order chi connectivity index (χ0) is 17.8. The molecule has 0 saturated heterocycles. The highest BCUT2D eigenvalue weighted by atomic mass is 35.5. The van der Waals surface area contributed by atoms with Crippen molar-refractivity contribution < 1.29 is 9.21 Å². The number of aryl methyl sites for hydroxylation is 1. The summed E-state index contributed by atoms with van der Waals surface area (Å²) in [5.74, 6) is 1.37. The monoisotopic (exact) mass is 376 g/mol. The highest BCUT2D eigenvalue weighted by Gasteiger charge is 2.12. The average Bonchev–Trinajstić information content (AvgIpc) is 3.05. The van der Waals surface area contributed by atoms with E-state index in [1.807, 2.05) is 6.07 Å². The smallest absolute Gasteiger partial charge is 0.274 e. The number of carbonyl (C=O) groups is 1. The first-order valence-corrected chi connectivity index (χ1v) is 8.14. The number of furan rings is 1. The van der Waals surface area contributed by atoms with Gasteiger partial charge in [-0.3, -0.25) is 4.79 Å². The standard InChI is InChI=1S/C17H14Cl2N4O2/c1-10-21-15(8-16(22-10)20-9-14-3-2-4-25-14)17(24)23-13-6-11(18)5-12(19)7-13/h2-8H,9H2,1H3,(H,23,24)(H,20,21,22). The number of benzene rings is 1. The third-order valence-electron chi connectivity index (χ3n) is 3.21. The maximum atomic E-state index is 12.4. The highest BCUT2D eigenvalue weighted by Crippen LogP contribution is 2.23. The van der Waals surface area contributed by atoms with Crippen molar-refractivity contribution in [2.45, 2.75) is 13.5 Å². The van der Waals surface area contributed by atoms with Gasteiger partial charge in [0.05, 0.1) is 12.8 Å². The van der Waals surface area contributed by atoms with Crippen LogP contribution in [0.3, 0.4) is 0 Å². The van der Waals surface area contributed by atoms with E-state index in [0.29, 0.717) is 33.9 Å². The number of carbonyl (C=O) groups excluding carboxylic acids is 1. The van der Waals surface area contributed by atoms with Gasteiger partial charge in [0.2, 0.25) is 0 Å². The lowest BCUT2D eigenvalue weighted by molar-refractivity contribution is 0.102. The second kappa shape index (κ2) is 7.55. The minimum Gasteiger partial charge on any atom is -0.467 e. The molecule has 6 nitrogen and oxygen atoms in total. The average molecular weight is 377 g/mol. The maximum absolute atomic E-state index is 12.4. The number of hydrogen-bond donors (Lipinski definition) is 2. The number of nitrogens with zero attached hydrogens (tertiary/aromatic N) is 2. The molecule has 25 heavy (non-hydrogen) atoms. The van der Waals surface area contributed by atoms with Crippen molar-refractivity contribution in [3.8, 4) is 0 Å². The lowest BCUT2D eigenvalue weighted by atomic mass is 10.3. The number of anilines is 2. The first-order valence-electron chi connectivity index (χ1n) is 7.39. The van der Waals surface area contributed by atoms with Crippen LogP contribution in [0.1, 0.15) is 22.1 Å². The summed E-state index contributed by atoms with van der Waals surface area (Å²) >= 11 is 11.9. The third kappa shape index (κ3) is 4.71.